The van der Waals surface area contributed by atoms with Gasteiger partial charge in [0.05, 0.1) is 12.8 Å². The van der Waals surface area contributed by atoms with Gasteiger partial charge in [-0.15, -0.1) is 0 Å². The van der Waals surface area contributed by atoms with Gasteiger partial charge in [-0.2, -0.15) is 0 Å². The predicted molar refractivity (Wildman–Crippen MR) is 132 cm³/mol. The molecule has 2 N–H and O–H groups in total. The third-order valence-corrected chi connectivity index (χ3v) is 5.51. The molecule has 1 aromatic heterocycles. The van der Waals surface area contributed by atoms with Crippen molar-refractivity contribution >= 4 is 17.4 Å². The van der Waals surface area contributed by atoms with E-state index in [1.807, 2.05) is 55.1 Å². The van der Waals surface area contributed by atoms with Crippen molar-refractivity contribution in [2.75, 3.05) is 62.7 Å². The average Bonchev–Trinajstić information content (AvgIpc) is 2.86. The molecule has 7 heteroatoms. The fourth-order valence-electron chi connectivity index (χ4n) is 3.78. The zero-order valence-corrected chi connectivity index (χ0v) is 19.9. The molecule has 0 unspecified atom stereocenters. The van der Waals surface area contributed by atoms with Crippen LogP contribution in [0.4, 0.5) is 11.5 Å². The van der Waals surface area contributed by atoms with Gasteiger partial charge >= 0.3 is 0 Å². The molecule has 1 saturated heterocycles. The Hall–Kier alpha value is -2.64. The number of para-hydroxylation sites is 2. The third-order valence-electron chi connectivity index (χ3n) is 5.51. The van der Waals surface area contributed by atoms with Crippen molar-refractivity contribution in [2.45, 2.75) is 33.1 Å². The molecular weight excluding hydrogens is 402 g/mol. The molecule has 7 nitrogen and oxygen atoms in total. The predicted octanol–water partition coefficient (Wildman–Crippen LogP) is 3.40. The van der Waals surface area contributed by atoms with Gasteiger partial charge in [0.25, 0.3) is 0 Å². The molecule has 1 amide bonds. The number of nitrogens with zero attached hydrogens (tertiary/aromatic N) is 4. The van der Waals surface area contributed by atoms with Crippen LogP contribution in [0.5, 0.6) is 5.75 Å². The number of carbonyl (C=O) groups excluding carboxylic acids is 1. The summed E-state index contributed by atoms with van der Waals surface area (Å²) in [4.78, 5) is 23.8. The highest BCUT2D eigenvalue weighted by Gasteiger charge is 2.22. The third kappa shape index (κ3) is 7.50. The Labute approximate surface area is 193 Å². The molecule has 0 spiro atoms. The number of nitrogens with two attached hydrogens (primary N) is 1. The van der Waals surface area contributed by atoms with Crippen LogP contribution in [-0.2, 0) is 4.79 Å². The lowest BCUT2D eigenvalue weighted by atomic mass is 10.2. The van der Waals surface area contributed by atoms with Crippen LogP contribution >= 0.6 is 0 Å². The van der Waals surface area contributed by atoms with Gasteiger partial charge in [0.2, 0.25) is 5.91 Å². The molecule has 2 heterocycles. The first-order chi connectivity index (χ1) is 15.7. The average molecular weight is 442 g/mol. The number of anilines is 2. The van der Waals surface area contributed by atoms with Gasteiger partial charge in [-0.05, 0) is 43.7 Å². The van der Waals surface area contributed by atoms with Crippen LogP contribution in [0.2, 0.25) is 0 Å². The molecule has 3 rings (SSSR count). The Morgan fingerprint density at radius 1 is 1.06 bits per heavy atom. The molecule has 0 bridgehead atoms. The first-order valence-corrected chi connectivity index (χ1v) is 11.7. The number of aromatic nitrogens is 1. The summed E-state index contributed by atoms with van der Waals surface area (Å²) in [7, 11) is 1.71. The van der Waals surface area contributed by atoms with Crippen molar-refractivity contribution in [1.29, 1.82) is 0 Å². The number of piperazine rings is 1. The van der Waals surface area contributed by atoms with E-state index in [-0.39, 0.29) is 5.91 Å². The van der Waals surface area contributed by atoms with E-state index in [1.54, 1.807) is 13.3 Å². The zero-order chi connectivity index (χ0) is 23.2. The first-order valence-electron chi connectivity index (χ1n) is 11.7. The fraction of sp³-hybridized carbons (Fsp3) is 0.520. The van der Waals surface area contributed by atoms with Crippen LogP contribution in [0.3, 0.4) is 0 Å². The van der Waals surface area contributed by atoms with Gasteiger partial charge < -0.3 is 15.4 Å². The Kier molecular flexibility index (Phi) is 11.6. The van der Waals surface area contributed by atoms with Crippen molar-refractivity contribution < 1.29 is 9.53 Å². The molecule has 0 aliphatic carbocycles. The van der Waals surface area contributed by atoms with E-state index < -0.39 is 0 Å². The molecule has 0 radical (unpaired) electrons. The maximum atomic E-state index is 12.8. The molecule has 1 aliphatic heterocycles. The number of benzene rings is 1. The van der Waals surface area contributed by atoms with Crippen LogP contribution in [0.1, 0.15) is 33.1 Å². The summed E-state index contributed by atoms with van der Waals surface area (Å²) < 4.78 is 5.51. The fourth-order valence-corrected chi connectivity index (χ4v) is 3.78. The van der Waals surface area contributed by atoms with Crippen LogP contribution in [0.15, 0.2) is 48.7 Å². The molecule has 176 valence electrons. The largest absolute Gasteiger partial charge is 0.495 e. The van der Waals surface area contributed by atoms with E-state index in [0.717, 1.165) is 62.8 Å². The smallest absolute Gasteiger partial charge is 0.228 e. The SMILES string of the molecule is CC.COc1ccccc1N1CCN(CCN(C(=O)CCCCN)c2ccccn2)CC1. The Bertz CT molecular complexity index is 779. The minimum Gasteiger partial charge on any atom is -0.495 e. The van der Waals surface area contributed by atoms with Gasteiger partial charge in [0.15, 0.2) is 0 Å². The topological polar surface area (TPSA) is 74.9 Å². The van der Waals surface area contributed by atoms with Gasteiger partial charge in [0, 0.05) is 51.9 Å². The molecule has 0 atom stereocenters. The van der Waals surface area contributed by atoms with Crippen LogP contribution in [-0.4, -0.2) is 68.7 Å². The number of amides is 1. The number of carbonyl (C=O) groups is 1. The molecule has 2 aromatic rings. The lowest BCUT2D eigenvalue weighted by Gasteiger charge is -2.37. The Morgan fingerprint density at radius 2 is 1.78 bits per heavy atom. The van der Waals surface area contributed by atoms with Crippen LogP contribution < -0.4 is 20.3 Å². The normalized spacial score (nSPS) is 13.8. The minimum atomic E-state index is 0.120. The Morgan fingerprint density at radius 3 is 2.44 bits per heavy atom. The monoisotopic (exact) mass is 441 g/mol. The molecule has 1 aliphatic rings. The van der Waals surface area contributed by atoms with E-state index in [4.69, 9.17) is 10.5 Å². The van der Waals surface area contributed by atoms with Crippen molar-refractivity contribution in [2.24, 2.45) is 5.73 Å². The van der Waals surface area contributed by atoms with Gasteiger partial charge in [0.1, 0.15) is 11.6 Å². The summed E-state index contributed by atoms with van der Waals surface area (Å²) in [5.74, 6) is 1.76. The standard InChI is InChI=1S/C23H33N5O2.C2H6/c1-30-21-9-3-2-8-20(21)27-17-14-26(15-18-27)16-19-28(22-10-5-7-13-25-22)23(29)11-4-6-12-24;1-2/h2-3,5,7-10,13H,4,6,11-12,14-19,24H2,1H3;1-2H3. The second-order valence-corrected chi connectivity index (χ2v) is 7.48. The maximum Gasteiger partial charge on any atom is 0.228 e. The van der Waals surface area contributed by atoms with Gasteiger partial charge in [-0.1, -0.05) is 32.0 Å². The van der Waals surface area contributed by atoms with E-state index in [9.17, 15) is 4.79 Å². The number of ether oxygens (including phenoxy) is 1. The van der Waals surface area contributed by atoms with E-state index in [1.165, 1.54) is 0 Å². The summed E-state index contributed by atoms with van der Waals surface area (Å²) in [6.07, 6.45) is 3.93. The molecule has 1 fully saturated rings. The van der Waals surface area contributed by atoms with E-state index in [0.29, 0.717) is 19.5 Å². The maximum absolute atomic E-state index is 12.8. The van der Waals surface area contributed by atoms with Crippen LogP contribution in [0.25, 0.3) is 0 Å². The number of rotatable bonds is 10. The second kappa shape index (κ2) is 14.4. The molecular formula is C25H39N5O2. The number of hydrogen-bond donors (Lipinski definition) is 1. The lowest BCUT2D eigenvalue weighted by Crippen LogP contribution is -2.49. The van der Waals surface area contributed by atoms with Crippen molar-refractivity contribution in [3.63, 3.8) is 0 Å². The van der Waals surface area contributed by atoms with E-state index in [2.05, 4.69) is 20.9 Å². The highest BCUT2D eigenvalue weighted by molar-refractivity contribution is 5.92. The summed E-state index contributed by atoms with van der Waals surface area (Å²) in [6.45, 7) is 9.88. The zero-order valence-electron chi connectivity index (χ0n) is 19.9. The Balaban J connectivity index is 0.00000176. The summed E-state index contributed by atoms with van der Waals surface area (Å²) >= 11 is 0. The summed E-state index contributed by atoms with van der Waals surface area (Å²) in [6, 6.07) is 13.9. The second-order valence-electron chi connectivity index (χ2n) is 7.48. The highest BCUT2D eigenvalue weighted by atomic mass is 16.5. The van der Waals surface area contributed by atoms with Crippen LogP contribution in [0, 0.1) is 0 Å². The van der Waals surface area contributed by atoms with Gasteiger partial charge in [-0.3, -0.25) is 14.6 Å². The van der Waals surface area contributed by atoms with Gasteiger partial charge in [-0.25, -0.2) is 4.98 Å². The quantitative estimate of drug-likeness (QED) is 0.570. The number of unbranched alkanes of at least 4 members (excludes halogenated alkanes) is 1. The van der Waals surface area contributed by atoms with Crippen molar-refractivity contribution in [3.05, 3.63) is 48.7 Å². The van der Waals surface area contributed by atoms with Crippen molar-refractivity contribution in [3.8, 4) is 5.75 Å². The summed E-state index contributed by atoms with van der Waals surface area (Å²) in [5.41, 5.74) is 6.72. The first kappa shape index (κ1) is 25.6. The summed E-state index contributed by atoms with van der Waals surface area (Å²) in [5, 5.41) is 0. The molecule has 0 saturated carbocycles. The highest BCUT2D eigenvalue weighted by Crippen LogP contribution is 2.28. The lowest BCUT2D eigenvalue weighted by molar-refractivity contribution is -0.118. The molecule has 32 heavy (non-hydrogen) atoms. The van der Waals surface area contributed by atoms with Crippen molar-refractivity contribution in [1.82, 2.24) is 9.88 Å². The minimum absolute atomic E-state index is 0.120. The number of methoxy groups -OCH3 is 1. The number of hydrogen-bond acceptors (Lipinski definition) is 6. The molecule has 1 aromatic carbocycles. The number of pyridine rings is 1. The van der Waals surface area contributed by atoms with E-state index >= 15 is 0 Å².